The van der Waals surface area contributed by atoms with Crippen molar-refractivity contribution in [2.75, 3.05) is 18.5 Å². The zero-order valence-electron chi connectivity index (χ0n) is 14.4. The second-order valence-corrected chi connectivity index (χ2v) is 6.68. The molecule has 1 N–H and O–H groups in total. The fraction of sp³-hybridized carbons (Fsp3) is 0.250. The highest BCUT2D eigenvalue weighted by Gasteiger charge is 2.39. The number of benzene rings is 2. The summed E-state index contributed by atoms with van der Waals surface area (Å²) in [7, 11) is 1.75. The number of nitrogens with zero attached hydrogens (tertiary/aromatic N) is 2. The number of carbonyl (C=O) groups excluding carboxylic acids is 3. The van der Waals surface area contributed by atoms with Crippen LogP contribution in [-0.4, -0.2) is 42.4 Å². The molecular formula is C20H19N3O3. The van der Waals surface area contributed by atoms with Gasteiger partial charge in [-0.1, -0.05) is 36.4 Å². The molecule has 0 aliphatic carbocycles. The molecule has 26 heavy (non-hydrogen) atoms. The van der Waals surface area contributed by atoms with Gasteiger partial charge in [0, 0.05) is 25.6 Å². The third-order valence-corrected chi connectivity index (χ3v) is 4.95. The second kappa shape index (κ2) is 6.29. The number of nitrogens with one attached hydrogen (secondary N) is 1. The Balaban J connectivity index is 1.61. The second-order valence-electron chi connectivity index (χ2n) is 6.68. The van der Waals surface area contributed by atoms with Crippen LogP contribution in [0.5, 0.6) is 0 Å². The summed E-state index contributed by atoms with van der Waals surface area (Å²) in [5.74, 6) is -0.378. The standard InChI is InChI=1S/C20H19N3O3/c1-22-10-9-14-7-8-15(12-16(14)18(22)24)23-19(25)17(21-20(23)26)11-13-5-3-2-4-6-13/h2-8,12,17H,9-11H2,1H3,(H,21,26). The molecule has 132 valence electrons. The van der Waals surface area contributed by atoms with Crippen molar-refractivity contribution in [3.05, 3.63) is 65.2 Å². The average Bonchev–Trinajstić information content (AvgIpc) is 2.92. The summed E-state index contributed by atoms with van der Waals surface area (Å²) < 4.78 is 0. The first-order valence-electron chi connectivity index (χ1n) is 8.61. The van der Waals surface area contributed by atoms with E-state index >= 15 is 0 Å². The molecule has 0 saturated carbocycles. The Kier molecular flexibility index (Phi) is 3.95. The quantitative estimate of drug-likeness (QED) is 0.862. The molecule has 1 atom stereocenters. The fourth-order valence-electron chi connectivity index (χ4n) is 3.48. The molecule has 1 unspecified atom stereocenters. The van der Waals surface area contributed by atoms with E-state index in [0.29, 0.717) is 24.2 Å². The van der Waals surface area contributed by atoms with E-state index in [-0.39, 0.29) is 11.8 Å². The van der Waals surface area contributed by atoms with Crippen LogP contribution in [0.25, 0.3) is 0 Å². The van der Waals surface area contributed by atoms with Gasteiger partial charge in [-0.05, 0) is 29.7 Å². The van der Waals surface area contributed by atoms with Gasteiger partial charge in [0.15, 0.2) is 0 Å². The minimum absolute atomic E-state index is 0.0824. The van der Waals surface area contributed by atoms with E-state index in [1.54, 1.807) is 24.1 Å². The van der Waals surface area contributed by atoms with E-state index in [9.17, 15) is 14.4 Å². The molecule has 4 rings (SSSR count). The van der Waals surface area contributed by atoms with Gasteiger partial charge >= 0.3 is 6.03 Å². The Labute approximate surface area is 151 Å². The first-order valence-corrected chi connectivity index (χ1v) is 8.61. The Morgan fingerprint density at radius 2 is 1.85 bits per heavy atom. The molecule has 1 saturated heterocycles. The van der Waals surface area contributed by atoms with Crippen LogP contribution in [0.1, 0.15) is 21.5 Å². The lowest BCUT2D eigenvalue weighted by molar-refractivity contribution is -0.118. The van der Waals surface area contributed by atoms with E-state index in [1.165, 1.54) is 0 Å². The maximum absolute atomic E-state index is 12.8. The third-order valence-electron chi connectivity index (χ3n) is 4.95. The molecule has 0 radical (unpaired) electrons. The fourth-order valence-corrected chi connectivity index (χ4v) is 3.48. The van der Waals surface area contributed by atoms with Crippen LogP contribution >= 0.6 is 0 Å². The van der Waals surface area contributed by atoms with Crippen molar-refractivity contribution in [3.8, 4) is 0 Å². The zero-order chi connectivity index (χ0) is 18.3. The number of likely N-dealkylation sites (N-methyl/N-ethyl adjacent to an activating group) is 1. The number of rotatable bonds is 3. The summed E-state index contributed by atoms with van der Waals surface area (Å²) >= 11 is 0. The minimum atomic E-state index is -0.598. The van der Waals surface area contributed by atoms with E-state index in [4.69, 9.17) is 0 Å². The predicted octanol–water partition coefficient (Wildman–Crippen LogP) is 1.98. The van der Waals surface area contributed by atoms with Crippen LogP contribution in [0, 0.1) is 0 Å². The van der Waals surface area contributed by atoms with Crippen LogP contribution in [0.4, 0.5) is 10.5 Å². The van der Waals surface area contributed by atoms with Crippen molar-refractivity contribution in [1.29, 1.82) is 0 Å². The Morgan fingerprint density at radius 3 is 2.62 bits per heavy atom. The monoisotopic (exact) mass is 349 g/mol. The molecule has 2 aromatic rings. The molecular weight excluding hydrogens is 330 g/mol. The number of urea groups is 1. The average molecular weight is 349 g/mol. The first-order chi connectivity index (χ1) is 12.5. The lowest BCUT2D eigenvalue weighted by Gasteiger charge is -2.26. The van der Waals surface area contributed by atoms with Crippen LogP contribution in [0.15, 0.2) is 48.5 Å². The summed E-state index contributed by atoms with van der Waals surface area (Å²) in [5, 5.41) is 2.74. The van der Waals surface area contributed by atoms with Gasteiger partial charge in [-0.25, -0.2) is 9.69 Å². The van der Waals surface area contributed by atoms with Gasteiger partial charge in [0.1, 0.15) is 6.04 Å². The number of imide groups is 1. The van der Waals surface area contributed by atoms with Crippen LogP contribution in [0.3, 0.4) is 0 Å². The van der Waals surface area contributed by atoms with Gasteiger partial charge in [0.25, 0.3) is 11.8 Å². The predicted molar refractivity (Wildman–Crippen MR) is 97.1 cm³/mol. The van der Waals surface area contributed by atoms with Crippen LogP contribution in [-0.2, 0) is 17.6 Å². The smallest absolute Gasteiger partial charge is 0.329 e. The number of carbonyl (C=O) groups is 3. The molecule has 2 aromatic carbocycles. The number of hydrogen-bond donors (Lipinski definition) is 1. The Bertz CT molecular complexity index is 894. The van der Waals surface area contributed by atoms with Gasteiger partial charge in [-0.2, -0.15) is 0 Å². The number of amides is 4. The number of fused-ring (bicyclic) bond motifs is 1. The molecule has 0 aromatic heterocycles. The molecule has 2 aliphatic rings. The van der Waals surface area contributed by atoms with Gasteiger partial charge in [0.05, 0.1) is 5.69 Å². The van der Waals surface area contributed by atoms with E-state index < -0.39 is 12.1 Å². The Morgan fingerprint density at radius 1 is 1.08 bits per heavy atom. The number of anilines is 1. The van der Waals surface area contributed by atoms with E-state index in [2.05, 4.69) is 5.32 Å². The minimum Gasteiger partial charge on any atom is -0.341 e. The molecule has 1 fully saturated rings. The number of hydrogen-bond acceptors (Lipinski definition) is 3. The lowest BCUT2D eigenvalue weighted by Crippen LogP contribution is -2.35. The zero-order valence-corrected chi connectivity index (χ0v) is 14.4. The highest BCUT2D eigenvalue weighted by Crippen LogP contribution is 2.27. The van der Waals surface area contributed by atoms with Crippen molar-refractivity contribution >= 4 is 23.5 Å². The SMILES string of the molecule is CN1CCc2ccc(N3C(=O)NC(Cc4ccccc4)C3=O)cc2C1=O. The summed E-state index contributed by atoms with van der Waals surface area (Å²) in [6.45, 7) is 0.674. The van der Waals surface area contributed by atoms with Crippen molar-refractivity contribution in [3.63, 3.8) is 0 Å². The maximum Gasteiger partial charge on any atom is 0.329 e. The Hall–Kier alpha value is -3.15. The van der Waals surface area contributed by atoms with Crippen molar-refractivity contribution < 1.29 is 14.4 Å². The normalized spacial score (nSPS) is 19.6. The largest absolute Gasteiger partial charge is 0.341 e. The molecule has 4 amide bonds. The highest BCUT2D eigenvalue weighted by atomic mass is 16.2. The van der Waals surface area contributed by atoms with Crippen molar-refractivity contribution in [1.82, 2.24) is 10.2 Å². The van der Waals surface area contributed by atoms with Crippen LogP contribution in [0.2, 0.25) is 0 Å². The highest BCUT2D eigenvalue weighted by molar-refractivity contribution is 6.21. The molecule has 2 heterocycles. The summed E-state index contributed by atoms with van der Waals surface area (Å²) in [6.07, 6.45) is 1.21. The molecule has 6 nitrogen and oxygen atoms in total. The van der Waals surface area contributed by atoms with Gasteiger partial charge in [-0.15, -0.1) is 0 Å². The molecule has 6 heteroatoms. The third kappa shape index (κ3) is 2.73. The van der Waals surface area contributed by atoms with Gasteiger partial charge in [0.2, 0.25) is 0 Å². The summed E-state index contributed by atoms with van der Waals surface area (Å²) in [5.41, 5.74) is 2.92. The lowest BCUT2D eigenvalue weighted by atomic mass is 9.98. The van der Waals surface area contributed by atoms with Gasteiger partial charge < -0.3 is 10.2 Å². The molecule has 2 aliphatic heterocycles. The van der Waals surface area contributed by atoms with Gasteiger partial charge in [-0.3, -0.25) is 9.59 Å². The topological polar surface area (TPSA) is 69.7 Å². The molecule has 0 bridgehead atoms. The summed E-state index contributed by atoms with van der Waals surface area (Å²) in [6, 6.07) is 13.7. The van der Waals surface area contributed by atoms with Crippen LogP contribution < -0.4 is 10.2 Å². The summed E-state index contributed by atoms with van der Waals surface area (Å²) in [4.78, 5) is 40.3. The van der Waals surface area contributed by atoms with Crippen molar-refractivity contribution in [2.45, 2.75) is 18.9 Å². The van der Waals surface area contributed by atoms with Crippen molar-refractivity contribution in [2.24, 2.45) is 0 Å². The molecule has 0 spiro atoms. The maximum atomic E-state index is 12.8. The van der Waals surface area contributed by atoms with E-state index in [1.807, 2.05) is 36.4 Å². The first kappa shape index (κ1) is 16.3. The van der Waals surface area contributed by atoms with E-state index in [0.717, 1.165) is 22.4 Å².